The van der Waals surface area contributed by atoms with E-state index in [-0.39, 0.29) is 0 Å². The molecule has 43 heavy (non-hydrogen) atoms. The van der Waals surface area contributed by atoms with E-state index in [9.17, 15) is 0 Å². The number of rotatable bonds is 3. The average Bonchev–Trinajstić information content (AvgIpc) is 3.57. The molecular formula is C37H21N5S. The van der Waals surface area contributed by atoms with Crippen LogP contribution in [0.5, 0.6) is 0 Å². The molecule has 0 N–H and O–H groups in total. The van der Waals surface area contributed by atoms with E-state index in [0.717, 1.165) is 88.3 Å². The number of nitrogens with zero attached hydrogens (tertiary/aromatic N) is 5. The lowest BCUT2D eigenvalue weighted by molar-refractivity contribution is 1.37. The van der Waals surface area contributed by atoms with E-state index in [2.05, 4.69) is 89.3 Å². The van der Waals surface area contributed by atoms with Crippen molar-refractivity contribution in [3.05, 3.63) is 127 Å². The molecule has 9 rings (SSSR count). The molecule has 0 unspecified atom stereocenters. The second-order valence-corrected chi connectivity index (χ2v) is 11.1. The lowest BCUT2D eigenvalue weighted by atomic mass is 9.94. The third-order valence-electron chi connectivity index (χ3n) is 8.12. The number of benzene rings is 5. The molecule has 0 aliphatic carbocycles. The van der Waals surface area contributed by atoms with Gasteiger partial charge in [-0.3, -0.25) is 0 Å². The van der Waals surface area contributed by atoms with Gasteiger partial charge in [-0.05, 0) is 30.3 Å². The van der Waals surface area contributed by atoms with Crippen LogP contribution in [0.25, 0.3) is 88.3 Å². The van der Waals surface area contributed by atoms with Gasteiger partial charge in [-0.25, -0.2) is 15.0 Å². The highest BCUT2D eigenvalue weighted by molar-refractivity contribution is 7.00. The summed E-state index contributed by atoms with van der Waals surface area (Å²) in [5.74, 6) is 0. The van der Waals surface area contributed by atoms with Crippen LogP contribution in [0.3, 0.4) is 0 Å². The summed E-state index contributed by atoms with van der Waals surface area (Å²) >= 11 is 1.24. The van der Waals surface area contributed by atoms with Crippen LogP contribution in [0.1, 0.15) is 0 Å². The maximum Gasteiger partial charge on any atom is 0.113 e. The van der Waals surface area contributed by atoms with Gasteiger partial charge < -0.3 is 0 Å². The summed E-state index contributed by atoms with van der Waals surface area (Å²) in [7, 11) is 0. The van der Waals surface area contributed by atoms with Crippen molar-refractivity contribution >= 4 is 66.2 Å². The minimum absolute atomic E-state index is 0.869. The smallest absolute Gasteiger partial charge is 0.113 e. The molecule has 0 fully saturated rings. The Bertz CT molecular complexity index is 2510. The number of hydrogen-bond donors (Lipinski definition) is 0. The van der Waals surface area contributed by atoms with Gasteiger partial charge in [0.2, 0.25) is 0 Å². The molecule has 200 valence electrons. The fraction of sp³-hybridized carbons (Fsp3) is 0. The maximum atomic E-state index is 5.29. The Balaban J connectivity index is 1.35. The molecule has 0 aliphatic heterocycles. The SMILES string of the molecule is c1ccc(-c2ccc3ccc4ccc(-c5cccc6nc(-c7ccccc7)c7ccc8nsnc8c7c56)nc4c3n2)cc1. The van der Waals surface area contributed by atoms with Gasteiger partial charge in [-0.15, -0.1) is 0 Å². The predicted octanol–water partition coefficient (Wildman–Crippen LogP) is 9.49. The van der Waals surface area contributed by atoms with Gasteiger partial charge in [0.25, 0.3) is 0 Å². The van der Waals surface area contributed by atoms with E-state index in [0.29, 0.717) is 0 Å². The van der Waals surface area contributed by atoms with Gasteiger partial charge in [0, 0.05) is 43.6 Å². The Kier molecular flexibility index (Phi) is 5.30. The molecule has 0 spiro atoms. The first-order valence-electron chi connectivity index (χ1n) is 14.1. The zero-order valence-electron chi connectivity index (χ0n) is 22.8. The van der Waals surface area contributed by atoms with Gasteiger partial charge in [-0.1, -0.05) is 97.1 Å². The monoisotopic (exact) mass is 567 g/mol. The molecule has 0 saturated heterocycles. The van der Waals surface area contributed by atoms with E-state index in [1.165, 1.54) is 11.7 Å². The molecule has 0 saturated carbocycles. The quantitative estimate of drug-likeness (QED) is 0.199. The van der Waals surface area contributed by atoms with Crippen molar-refractivity contribution in [1.82, 2.24) is 23.7 Å². The van der Waals surface area contributed by atoms with Crippen molar-refractivity contribution in [1.29, 1.82) is 0 Å². The zero-order chi connectivity index (χ0) is 28.3. The van der Waals surface area contributed by atoms with E-state index in [1.54, 1.807) is 0 Å². The van der Waals surface area contributed by atoms with Crippen molar-refractivity contribution in [3.63, 3.8) is 0 Å². The summed E-state index contributed by atoms with van der Waals surface area (Å²) < 4.78 is 9.34. The fourth-order valence-electron chi connectivity index (χ4n) is 6.10. The van der Waals surface area contributed by atoms with E-state index >= 15 is 0 Å². The van der Waals surface area contributed by atoms with Crippen LogP contribution in [-0.2, 0) is 0 Å². The number of aromatic nitrogens is 5. The number of hydrogen-bond acceptors (Lipinski definition) is 6. The van der Waals surface area contributed by atoms with Crippen LogP contribution in [0.15, 0.2) is 127 Å². The minimum Gasteiger partial charge on any atom is -0.247 e. The Labute approximate surface area is 250 Å². The van der Waals surface area contributed by atoms with E-state index < -0.39 is 0 Å². The average molecular weight is 568 g/mol. The molecule has 0 bridgehead atoms. The van der Waals surface area contributed by atoms with Crippen molar-refractivity contribution in [2.45, 2.75) is 0 Å². The Morgan fingerprint density at radius 2 is 1.09 bits per heavy atom. The Morgan fingerprint density at radius 3 is 1.86 bits per heavy atom. The highest BCUT2D eigenvalue weighted by Crippen LogP contribution is 2.40. The summed E-state index contributed by atoms with van der Waals surface area (Å²) in [6.07, 6.45) is 0. The molecule has 9 aromatic rings. The standard InChI is InChI=1S/C37H21N5S/c1-3-8-22(9-4-1)28-19-16-24-14-15-25-17-20-29(39-36(25)35(24)38-28)26-12-7-13-30-32(26)33-27(18-21-31-37(33)42-43-41-31)34(40-30)23-10-5-2-6-11-23/h1-21H. The lowest BCUT2D eigenvalue weighted by Crippen LogP contribution is -1.95. The summed E-state index contributed by atoms with van der Waals surface area (Å²) in [5, 5.41) is 5.24. The van der Waals surface area contributed by atoms with E-state index in [4.69, 9.17) is 19.3 Å². The van der Waals surface area contributed by atoms with Crippen LogP contribution in [0.4, 0.5) is 0 Å². The highest BCUT2D eigenvalue weighted by atomic mass is 32.1. The van der Waals surface area contributed by atoms with Crippen molar-refractivity contribution in [2.24, 2.45) is 0 Å². The molecule has 5 aromatic carbocycles. The predicted molar refractivity (Wildman–Crippen MR) is 177 cm³/mol. The molecule has 5 nitrogen and oxygen atoms in total. The van der Waals surface area contributed by atoms with Gasteiger partial charge in [0.05, 0.1) is 45.4 Å². The minimum atomic E-state index is 0.869. The van der Waals surface area contributed by atoms with Crippen molar-refractivity contribution < 1.29 is 0 Å². The summed E-state index contributed by atoms with van der Waals surface area (Å²) in [4.78, 5) is 15.6. The van der Waals surface area contributed by atoms with Gasteiger partial charge in [0.1, 0.15) is 11.0 Å². The first-order chi connectivity index (χ1) is 21.3. The second-order valence-electron chi connectivity index (χ2n) is 10.6. The molecule has 4 aromatic heterocycles. The molecule has 0 amide bonds. The number of pyridine rings is 3. The van der Waals surface area contributed by atoms with Gasteiger partial charge in [0.15, 0.2) is 0 Å². The summed E-state index contributed by atoms with van der Waals surface area (Å²) in [6.45, 7) is 0. The third kappa shape index (κ3) is 3.81. The molecular weight excluding hydrogens is 547 g/mol. The van der Waals surface area contributed by atoms with E-state index in [1.807, 2.05) is 42.5 Å². The van der Waals surface area contributed by atoms with Crippen LogP contribution in [0.2, 0.25) is 0 Å². The summed E-state index contributed by atoms with van der Waals surface area (Å²) in [5.41, 5.74) is 10.3. The highest BCUT2D eigenvalue weighted by Gasteiger charge is 2.19. The number of fused-ring (bicyclic) bond motifs is 8. The van der Waals surface area contributed by atoms with Crippen LogP contribution >= 0.6 is 11.7 Å². The molecule has 0 radical (unpaired) electrons. The second kappa shape index (κ2) is 9.48. The maximum absolute atomic E-state index is 5.29. The summed E-state index contributed by atoms with van der Waals surface area (Å²) in [6, 6.07) is 43.7. The molecule has 0 atom stereocenters. The Morgan fingerprint density at radius 1 is 0.419 bits per heavy atom. The van der Waals surface area contributed by atoms with Crippen molar-refractivity contribution in [2.75, 3.05) is 0 Å². The van der Waals surface area contributed by atoms with Crippen LogP contribution in [-0.4, -0.2) is 23.7 Å². The third-order valence-corrected chi connectivity index (χ3v) is 8.66. The normalized spacial score (nSPS) is 11.7. The first kappa shape index (κ1) is 24.1. The topological polar surface area (TPSA) is 64.5 Å². The molecule has 4 heterocycles. The lowest BCUT2D eigenvalue weighted by Gasteiger charge is -2.14. The fourth-order valence-corrected chi connectivity index (χ4v) is 6.64. The Hall–Kier alpha value is -5.59. The van der Waals surface area contributed by atoms with Gasteiger partial charge >= 0.3 is 0 Å². The molecule has 6 heteroatoms. The first-order valence-corrected chi connectivity index (χ1v) is 14.8. The van der Waals surface area contributed by atoms with Crippen LogP contribution in [0, 0.1) is 0 Å². The zero-order valence-corrected chi connectivity index (χ0v) is 23.6. The molecule has 0 aliphatic rings. The largest absolute Gasteiger partial charge is 0.247 e. The van der Waals surface area contributed by atoms with Crippen LogP contribution < -0.4 is 0 Å². The van der Waals surface area contributed by atoms with Crippen molar-refractivity contribution in [3.8, 4) is 33.8 Å². The van der Waals surface area contributed by atoms with Gasteiger partial charge in [-0.2, -0.15) is 8.75 Å².